The third-order valence-electron chi connectivity index (χ3n) is 3.57. The number of carboxylic acid groups (broad SMARTS) is 1. The van der Waals surface area contributed by atoms with E-state index >= 15 is 0 Å². The zero-order chi connectivity index (χ0) is 15.7. The summed E-state index contributed by atoms with van der Waals surface area (Å²) in [5.41, 5.74) is 0.966. The van der Waals surface area contributed by atoms with Crippen molar-refractivity contribution in [2.75, 3.05) is 6.54 Å². The summed E-state index contributed by atoms with van der Waals surface area (Å²) in [5.74, 6) is -0.634. The molecule has 0 spiro atoms. The molecule has 0 atom stereocenters. The highest BCUT2D eigenvalue weighted by Crippen LogP contribution is 2.29. The second kappa shape index (κ2) is 5.63. The number of aliphatic carboxylic acids is 1. The van der Waals surface area contributed by atoms with E-state index < -0.39 is 5.97 Å². The molecule has 0 unspecified atom stereocenters. The summed E-state index contributed by atoms with van der Waals surface area (Å²) in [6, 6.07) is 9.28. The normalized spacial score (nSPS) is 13.9. The summed E-state index contributed by atoms with van der Waals surface area (Å²) in [6.45, 7) is 1.36. The van der Waals surface area contributed by atoms with Gasteiger partial charge in [0.15, 0.2) is 5.69 Å². The Morgan fingerprint density at radius 3 is 2.59 bits per heavy atom. The summed E-state index contributed by atoms with van der Waals surface area (Å²) >= 11 is 0. The Morgan fingerprint density at radius 1 is 1.32 bits per heavy atom. The highest BCUT2D eigenvalue weighted by atomic mass is 16.4. The molecule has 1 aromatic carbocycles. The molecule has 1 heterocycles. The number of hydrogen-bond donors (Lipinski definition) is 1. The monoisotopic (exact) mass is 300 g/mol. The van der Waals surface area contributed by atoms with Gasteiger partial charge in [0.1, 0.15) is 12.3 Å². The number of aryl methyl sites for hydroxylation is 1. The lowest BCUT2D eigenvalue weighted by Gasteiger charge is -2.18. The van der Waals surface area contributed by atoms with Gasteiger partial charge < -0.3 is 14.4 Å². The van der Waals surface area contributed by atoms with Crippen LogP contribution in [0.2, 0.25) is 0 Å². The fraction of sp³-hybridized carbons (Fsp3) is 0.312. The minimum Gasteiger partial charge on any atom is -0.480 e. The van der Waals surface area contributed by atoms with Gasteiger partial charge in [-0.25, -0.2) is 4.98 Å². The molecule has 1 aliphatic carbocycles. The third-order valence-corrected chi connectivity index (χ3v) is 3.57. The number of aromatic nitrogens is 1. The first kappa shape index (κ1) is 14.3. The van der Waals surface area contributed by atoms with E-state index in [0.29, 0.717) is 11.7 Å². The Morgan fingerprint density at radius 2 is 2.00 bits per heavy atom. The van der Waals surface area contributed by atoms with E-state index in [1.54, 1.807) is 6.92 Å². The van der Waals surface area contributed by atoms with Crippen molar-refractivity contribution in [3.63, 3.8) is 0 Å². The SMILES string of the molecule is Cc1oc(-c2ccccc2)nc1C(=O)N(CC(=O)O)C1CC1. The van der Waals surface area contributed by atoms with Gasteiger partial charge in [0.05, 0.1) is 0 Å². The predicted octanol–water partition coefficient (Wildman–Crippen LogP) is 2.34. The van der Waals surface area contributed by atoms with Crippen molar-refractivity contribution < 1.29 is 19.1 Å². The summed E-state index contributed by atoms with van der Waals surface area (Å²) in [5, 5.41) is 8.97. The van der Waals surface area contributed by atoms with Gasteiger partial charge in [-0.3, -0.25) is 9.59 Å². The smallest absolute Gasteiger partial charge is 0.323 e. The molecule has 6 heteroatoms. The first-order chi connectivity index (χ1) is 10.6. The van der Waals surface area contributed by atoms with Crippen LogP contribution in [0.4, 0.5) is 0 Å². The van der Waals surface area contributed by atoms with Crippen molar-refractivity contribution in [3.05, 3.63) is 41.8 Å². The topological polar surface area (TPSA) is 83.6 Å². The molecular formula is C16H16N2O4. The molecule has 1 aromatic heterocycles. The summed E-state index contributed by atoms with van der Waals surface area (Å²) in [6.07, 6.45) is 1.67. The molecule has 1 saturated carbocycles. The molecule has 1 fully saturated rings. The van der Waals surface area contributed by atoms with Crippen LogP contribution in [-0.4, -0.2) is 39.5 Å². The predicted molar refractivity (Wildman–Crippen MR) is 78.4 cm³/mol. The minimum atomic E-state index is -1.02. The van der Waals surface area contributed by atoms with Gasteiger partial charge in [-0.15, -0.1) is 0 Å². The highest BCUT2D eigenvalue weighted by molar-refractivity contribution is 5.95. The average molecular weight is 300 g/mol. The Hall–Kier alpha value is -2.63. The lowest BCUT2D eigenvalue weighted by Crippen LogP contribution is -2.37. The van der Waals surface area contributed by atoms with Crippen LogP contribution < -0.4 is 0 Å². The molecule has 114 valence electrons. The molecule has 1 N–H and O–H groups in total. The van der Waals surface area contributed by atoms with E-state index in [0.717, 1.165) is 18.4 Å². The molecule has 1 aliphatic rings. The zero-order valence-corrected chi connectivity index (χ0v) is 12.2. The molecule has 0 aliphatic heterocycles. The van der Waals surface area contributed by atoms with Crippen LogP contribution in [0.5, 0.6) is 0 Å². The van der Waals surface area contributed by atoms with Gasteiger partial charge in [-0.2, -0.15) is 0 Å². The fourth-order valence-corrected chi connectivity index (χ4v) is 2.33. The highest BCUT2D eigenvalue weighted by Gasteiger charge is 2.36. The van der Waals surface area contributed by atoms with Gasteiger partial charge in [0.25, 0.3) is 5.91 Å². The molecule has 0 bridgehead atoms. The Bertz CT molecular complexity index is 704. The average Bonchev–Trinajstić information content (AvgIpc) is 3.27. The molecule has 2 aromatic rings. The van der Waals surface area contributed by atoms with Crippen molar-refractivity contribution in [1.82, 2.24) is 9.88 Å². The Labute approximate surface area is 127 Å². The Balaban J connectivity index is 1.89. The number of oxazole rings is 1. The van der Waals surface area contributed by atoms with Crippen LogP contribution in [0.25, 0.3) is 11.5 Å². The molecule has 3 rings (SSSR count). The van der Waals surface area contributed by atoms with E-state index in [1.807, 2.05) is 30.3 Å². The quantitative estimate of drug-likeness (QED) is 0.916. The maximum Gasteiger partial charge on any atom is 0.323 e. The van der Waals surface area contributed by atoms with Gasteiger partial charge in [-0.05, 0) is 31.9 Å². The zero-order valence-electron chi connectivity index (χ0n) is 12.2. The first-order valence-electron chi connectivity index (χ1n) is 7.12. The Kier molecular flexibility index (Phi) is 3.66. The lowest BCUT2D eigenvalue weighted by atomic mass is 10.2. The molecule has 22 heavy (non-hydrogen) atoms. The van der Waals surface area contributed by atoms with Crippen LogP contribution >= 0.6 is 0 Å². The van der Waals surface area contributed by atoms with Gasteiger partial charge >= 0.3 is 5.97 Å². The standard InChI is InChI=1S/C16H16N2O4/c1-10-14(16(21)18(9-13(19)20)12-7-8-12)17-15(22-10)11-5-3-2-4-6-11/h2-6,12H,7-9H2,1H3,(H,19,20). The molecule has 1 amide bonds. The van der Waals surface area contributed by atoms with E-state index in [9.17, 15) is 9.59 Å². The number of carboxylic acids is 1. The van der Waals surface area contributed by atoms with Crippen molar-refractivity contribution in [2.24, 2.45) is 0 Å². The third kappa shape index (κ3) is 2.86. The summed E-state index contributed by atoms with van der Waals surface area (Å²) in [7, 11) is 0. The lowest BCUT2D eigenvalue weighted by molar-refractivity contribution is -0.137. The second-order valence-electron chi connectivity index (χ2n) is 5.35. The molecule has 0 saturated heterocycles. The van der Waals surface area contributed by atoms with E-state index in [2.05, 4.69) is 4.98 Å². The number of hydrogen-bond acceptors (Lipinski definition) is 4. The summed E-state index contributed by atoms with van der Waals surface area (Å²) < 4.78 is 5.57. The number of carbonyl (C=O) groups excluding carboxylic acids is 1. The number of amides is 1. The van der Waals surface area contributed by atoms with Crippen molar-refractivity contribution >= 4 is 11.9 Å². The van der Waals surface area contributed by atoms with Crippen molar-refractivity contribution in [1.29, 1.82) is 0 Å². The van der Waals surface area contributed by atoms with Crippen LogP contribution in [0, 0.1) is 6.92 Å². The fourth-order valence-electron chi connectivity index (χ4n) is 2.33. The molecule has 6 nitrogen and oxygen atoms in total. The van der Waals surface area contributed by atoms with Gasteiger partial charge in [0, 0.05) is 11.6 Å². The minimum absolute atomic E-state index is 0.000115. The van der Waals surface area contributed by atoms with Crippen LogP contribution in [0.15, 0.2) is 34.7 Å². The number of rotatable bonds is 5. The molecule has 0 radical (unpaired) electrons. The largest absolute Gasteiger partial charge is 0.480 e. The summed E-state index contributed by atoms with van der Waals surface area (Å²) in [4.78, 5) is 29.1. The van der Waals surface area contributed by atoms with E-state index in [4.69, 9.17) is 9.52 Å². The first-order valence-corrected chi connectivity index (χ1v) is 7.12. The van der Waals surface area contributed by atoms with Gasteiger partial charge in [0.2, 0.25) is 5.89 Å². The molecular weight excluding hydrogens is 284 g/mol. The van der Waals surface area contributed by atoms with Crippen LogP contribution in [-0.2, 0) is 4.79 Å². The van der Waals surface area contributed by atoms with Crippen molar-refractivity contribution in [2.45, 2.75) is 25.8 Å². The number of nitrogens with zero attached hydrogens (tertiary/aromatic N) is 2. The van der Waals surface area contributed by atoms with Crippen LogP contribution in [0.1, 0.15) is 29.1 Å². The maximum absolute atomic E-state index is 12.6. The number of benzene rings is 1. The maximum atomic E-state index is 12.6. The van der Waals surface area contributed by atoms with Crippen molar-refractivity contribution in [3.8, 4) is 11.5 Å². The van der Waals surface area contributed by atoms with Gasteiger partial charge in [-0.1, -0.05) is 18.2 Å². The van der Waals surface area contributed by atoms with E-state index in [1.165, 1.54) is 4.90 Å². The van der Waals surface area contributed by atoms with Crippen LogP contribution in [0.3, 0.4) is 0 Å². The second-order valence-corrected chi connectivity index (χ2v) is 5.35. The van der Waals surface area contributed by atoms with E-state index in [-0.39, 0.29) is 24.2 Å². The number of carbonyl (C=O) groups is 2.